The summed E-state index contributed by atoms with van der Waals surface area (Å²) < 4.78 is 4.61. The Hall–Kier alpha value is 0.110. The van der Waals surface area contributed by atoms with E-state index in [0.717, 1.165) is 11.5 Å². The number of rotatable bonds is 10. The number of hydrogen-bond donors (Lipinski definition) is 0. The van der Waals surface area contributed by atoms with Crippen LogP contribution in [0.15, 0.2) is 0 Å². The Labute approximate surface area is 102 Å². The molecular formula is C11H21ClO2S. The fourth-order valence-electron chi connectivity index (χ4n) is 1.27. The predicted molar refractivity (Wildman–Crippen MR) is 67.9 cm³/mol. The molecular weight excluding hydrogens is 232 g/mol. The summed E-state index contributed by atoms with van der Waals surface area (Å²) in [6, 6.07) is 0. The second-order valence-electron chi connectivity index (χ2n) is 3.47. The zero-order chi connectivity index (χ0) is 11.4. The molecule has 0 N–H and O–H groups in total. The Morgan fingerprint density at radius 2 is 1.80 bits per heavy atom. The summed E-state index contributed by atoms with van der Waals surface area (Å²) in [6.07, 6.45) is 7.97. The number of ether oxygens (including phenoxy) is 1. The molecule has 0 aliphatic carbocycles. The Morgan fingerprint density at radius 1 is 1.13 bits per heavy atom. The van der Waals surface area contributed by atoms with E-state index in [1.54, 1.807) is 0 Å². The largest absolute Gasteiger partial charge is 0.453 e. The highest BCUT2D eigenvalue weighted by molar-refractivity contribution is 7.99. The van der Waals surface area contributed by atoms with Gasteiger partial charge in [-0.05, 0) is 12.2 Å². The van der Waals surface area contributed by atoms with Crippen LogP contribution in [-0.2, 0) is 4.74 Å². The lowest BCUT2D eigenvalue weighted by molar-refractivity contribution is 0.181. The first-order valence-corrected chi connectivity index (χ1v) is 7.20. The summed E-state index contributed by atoms with van der Waals surface area (Å²) in [5, 5.41) is 0. The molecule has 0 saturated carbocycles. The Balaban J connectivity index is 2.89. The van der Waals surface area contributed by atoms with Crippen molar-refractivity contribution >= 4 is 28.8 Å². The number of hydrogen-bond acceptors (Lipinski definition) is 3. The fraction of sp³-hybridized carbons (Fsp3) is 0.909. The van der Waals surface area contributed by atoms with E-state index in [9.17, 15) is 4.79 Å². The van der Waals surface area contributed by atoms with Gasteiger partial charge in [0.25, 0.3) is 0 Å². The van der Waals surface area contributed by atoms with Gasteiger partial charge < -0.3 is 4.74 Å². The van der Waals surface area contributed by atoms with Crippen LogP contribution in [0.5, 0.6) is 0 Å². The SMILES string of the molecule is CCCCCCCCSCCOC(=O)Cl. The van der Waals surface area contributed by atoms with Crippen molar-refractivity contribution in [1.29, 1.82) is 0 Å². The lowest BCUT2D eigenvalue weighted by atomic mass is 10.1. The molecule has 90 valence electrons. The van der Waals surface area contributed by atoms with Crippen LogP contribution in [0.4, 0.5) is 4.79 Å². The second-order valence-corrected chi connectivity index (χ2v) is 5.00. The minimum Gasteiger partial charge on any atom is -0.453 e. The zero-order valence-electron chi connectivity index (χ0n) is 9.47. The third-order valence-electron chi connectivity index (χ3n) is 2.09. The van der Waals surface area contributed by atoms with Gasteiger partial charge in [0.15, 0.2) is 0 Å². The van der Waals surface area contributed by atoms with E-state index in [1.807, 2.05) is 11.8 Å². The summed E-state index contributed by atoms with van der Waals surface area (Å²) in [6.45, 7) is 2.66. The van der Waals surface area contributed by atoms with Crippen molar-refractivity contribution in [2.24, 2.45) is 0 Å². The van der Waals surface area contributed by atoms with Crippen molar-refractivity contribution < 1.29 is 9.53 Å². The smallest absolute Gasteiger partial charge is 0.403 e. The molecule has 0 aromatic heterocycles. The minimum atomic E-state index is -0.699. The lowest BCUT2D eigenvalue weighted by Crippen LogP contribution is -1.99. The molecule has 15 heavy (non-hydrogen) atoms. The van der Waals surface area contributed by atoms with Gasteiger partial charge in [0.2, 0.25) is 0 Å². The van der Waals surface area contributed by atoms with Crippen molar-refractivity contribution in [3.63, 3.8) is 0 Å². The second kappa shape index (κ2) is 12.2. The summed E-state index contributed by atoms with van der Waals surface area (Å²) in [5.74, 6) is 2.01. The normalized spacial score (nSPS) is 10.3. The van der Waals surface area contributed by atoms with Gasteiger partial charge in [0.1, 0.15) is 6.61 Å². The molecule has 0 aliphatic heterocycles. The first-order valence-electron chi connectivity index (χ1n) is 5.67. The van der Waals surface area contributed by atoms with Gasteiger partial charge in [0, 0.05) is 17.4 Å². The molecule has 0 atom stereocenters. The molecule has 0 rings (SSSR count). The van der Waals surface area contributed by atoms with E-state index in [2.05, 4.69) is 11.7 Å². The monoisotopic (exact) mass is 252 g/mol. The summed E-state index contributed by atoms with van der Waals surface area (Å²) in [4.78, 5) is 10.2. The molecule has 0 saturated heterocycles. The Bertz CT molecular complexity index is 154. The standard InChI is InChI=1S/C11H21ClO2S/c1-2-3-4-5-6-7-9-15-10-8-14-11(12)13/h2-10H2,1H3. The molecule has 0 radical (unpaired) electrons. The quantitative estimate of drug-likeness (QED) is 0.424. The number of carbonyl (C=O) groups is 1. The van der Waals surface area contributed by atoms with Crippen LogP contribution < -0.4 is 0 Å². The average molecular weight is 253 g/mol. The van der Waals surface area contributed by atoms with Crippen LogP contribution in [0.3, 0.4) is 0 Å². The third kappa shape index (κ3) is 14.1. The summed E-state index contributed by atoms with van der Waals surface area (Å²) in [7, 11) is 0. The number of unbranched alkanes of at least 4 members (excludes halogenated alkanes) is 5. The van der Waals surface area contributed by atoms with Crippen LogP contribution in [-0.4, -0.2) is 23.5 Å². The number of thioether (sulfide) groups is 1. The Morgan fingerprint density at radius 3 is 2.47 bits per heavy atom. The van der Waals surface area contributed by atoms with Crippen molar-refractivity contribution in [3.8, 4) is 0 Å². The van der Waals surface area contributed by atoms with E-state index in [-0.39, 0.29) is 0 Å². The minimum absolute atomic E-state index is 0.433. The molecule has 0 unspecified atom stereocenters. The molecule has 2 nitrogen and oxygen atoms in total. The highest BCUT2D eigenvalue weighted by Gasteiger charge is 1.95. The van der Waals surface area contributed by atoms with E-state index in [4.69, 9.17) is 11.6 Å². The topological polar surface area (TPSA) is 26.3 Å². The van der Waals surface area contributed by atoms with E-state index in [1.165, 1.54) is 38.5 Å². The van der Waals surface area contributed by atoms with E-state index < -0.39 is 5.43 Å². The van der Waals surface area contributed by atoms with E-state index >= 15 is 0 Å². The molecule has 0 spiro atoms. The maximum Gasteiger partial charge on any atom is 0.403 e. The van der Waals surface area contributed by atoms with Gasteiger partial charge >= 0.3 is 5.43 Å². The molecule has 0 bridgehead atoms. The zero-order valence-corrected chi connectivity index (χ0v) is 11.0. The third-order valence-corrected chi connectivity index (χ3v) is 3.23. The molecule has 0 aromatic rings. The molecule has 0 aromatic carbocycles. The van der Waals surface area contributed by atoms with Crippen molar-refractivity contribution in [2.45, 2.75) is 45.4 Å². The predicted octanol–water partition coefficient (Wildman–Crippen LogP) is 4.46. The van der Waals surface area contributed by atoms with Crippen LogP contribution in [0.1, 0.15) is 45.4 Å². The maximum absolute atomic E-state index is 10.2. The van der Waals surface area contributed by atoms with Gasteiger partial charge in [-0.15, -0.1) is 0 Å². The Kier molecular flexibility index (Phi) is 12.3. The van der Waals surface area contributed by atoms with Gasteiger partial charge in [-0.2, -0.15) is 11.8 Å². The first kappa shape index (κ1) is 15.1. The van der Waals surface area contributed by atoms with Crippen molar-refractivity contribution in [2.75, 3.05) is 18.1 Å². The van der Waals surface area contributed by atoms with E-state index in [0.29, 0.717) is 6.61 Å². The fourth-order valence-corrected chi connectivity index (χ4v) is 2.16. The van der Waals surface area contributed by atoms with Gasteiger partial charge in [-0.3, -0.25) is 0 Å². The van der Waals surface area contributed by atoms with Gasteiger partial charge in [-0.1, -0.05) is 39.0 Å². The molecule has 0 heterocycles. The lowest BCUT2D eigenvalue weighted by Gasteiger charge is -2.02. The van der Waals surface area contributed by atoms with Crippen LogP contribution in [0, 0.1) is 0 Å². The molecule has 0 fully saturated rings. The average Bonchev–Trinajstić information content (AvgIpc) is 2.20. The van der Waals surface area contributed by atoms with Gasteiger partial charge in [0.05, 0.1) is 0 Å². The number of carbonyl (C=O) groups excluding carboxylic acids is 1. The van der Waals surface area contributed by atoms with Crippen LogP contribution in [0.2, 0.25) is 0 Å². The molecule has 4 heteroatoms. The van der Waals surface area contributed by atoms with Crippen molar-refractivity contribution in [3.05, 3.63) is 0 Å². The highest BCUT2D eigenvalue weighted by Crippen LogP contribution is 2.09. The number of halogens is 1. The first-order chi connectivity index (χ1) is 7.27. The molecule has 0 aliphatic rings. The molecule has 0 amide bonds. The van der Waals surface area contributed by atoms with Crippen LogP contribution >= 0.6 is 23.4 Å². The summed E-state index contributed by atoms with van der Waals surface area (Å²) in [5.41, 5.74) is -0.699. The highest BCUT2D eigenvalue weighted by atomic mass is 35.5. The van der Waals surface area contributed by atoms with Crippen molar-refractivity contribution in [1.82, 2.24) is 0 Å². The maximum atomic E-state index is 10.2. The van der Waals surface area contributed by atoms with Gasteiger partial charge in [-0.25, -0.2) is 4.79 Å². The summed E-state index contributed by atoms with van der Waals surface area (Å²) >= 11 is 6.84. The van der Waals surface area contributed by atoms with Crippen LogP contribution in [0.25, 0.3) is 0 Å².